The Labute approximate surface area is 144 Å². The molecule has 0 fully saturated rings. The quantitative estimate of drug-likeness (QED) is 0.554. The first-order valence-electron chi connectivity index (χ1n) is 7.19. The van der Waals surface area contributed by atoms with Gasteiger partial charge in [0.25, 0.3) is 0 Å². The van der Waals surface area contributed by atoms with Gasteiger partial charge in [-0.05, 0) is 34.0 Å². The molecule has 25 heavy (non-hydrogen) atoms. The highest BCUT2D eigenvalue weighted by Crippen LogP contribution is 2.38. The minimum atomic E-state index is -0.689. The van der Waals surface area contributed by atoms with Gasteiger partial charge >= 0.3 is 5.97 Å². The number of fused-ring (bicyclic) bond motifs is 1. The van der Waals surface area contributed by atoms with Crippen LogP contribution < -0.4 is 5.32 Å². The molecule has 3 aromatic heterocycles. The molecule has 0 spiro atoms. The lowest BCUT2D eigenvalue weighted by Gasteiger charge is -2.26. The molecular formula is C15H11N5O4S. The van der Waals surface area contributed by atoms with Gasteiger partial charge in [-0.2, -0.15) is 4.68 Å². The predicted octanol–water partition coefficient (Wildman–Crippen LogP) is 1.65. The smallest absolute Gasteiger partial charge is 0.355 e. The van der Waals surface area contributed by atoms with E-state index in [0.717, 1.165) is 4.88 Å². The Kier molecular flexibility index (Phi) is 3.65. The summed E-state index contributed by atoms with van der Waals surface area (Å²) in [6, 6.07) is 6.16. The first-order chi connectivity index (χ1) is 12.2. The number of ketones is 1. The second kappa shape index (κ2) is 5.98. The van der Waals surface area contributed by atoms with Crippen molar-refractivity contribution in [2.75, 3.05) is 12.4 Å². The molecule has 1 N–H and O–H groups in total. The molecule has 0 radical (unpaired) electrons. The van der Waals surface area contributed by atoms with E-state index in [2.05, 4.69) is 20.8 Å². The number of carbonyl (C=O) groups excluding carboxylic acids is 2. The van der Waals surface area contributed by atoms with Crippen LogP contribution >= 0.6 is 11.3 Å². The van der Waals surface area contributed by atoms with E-state index in [0.29, 0.717) is 0 Å². The van der Waals surface area contributed by atoms with Gasteiger partial charge in [0.15, 0.2) is 5.76 Å². The average molecular weight is 357 g/mol. The lowest BCUT2D eigenvalue weighted by molar-refractivity contribution is -0.136. The monoisotopic (exact) mass is 357 g/mol. The highest BCUT2D eigenvalue weighted by molar-refractivity contribution is 7.10. The summed E-state index contributed by atoms with van der Waals surface area (Å²) in [6.45, 7) is 0. The number of hydrogen-bond donors (Lipinski definition) is 1. The van der Waals surface area contributed by atoms with Crippen LogP contribution in [0.25, 0.3) is 0 Å². The van der Waals surface area contributed by atoms with Crippen LogP contribution in [0.5, 0.6) is 0 Å². The topological polar surface area (TPSA) is 112 Å². The zero-order valence-electron chi connectivity index (χ0n) is 12.9. The van der Waals surface area contributed by atoms with Gasteiger partial charge in [-0.15, -0.1) is 11.3 Å². The van der Waals surface area contributed by atoms with Crippen LogP contribution in [0, 0.1) is 0 Å². The second-order valence-electron chi connectivity index (χ2n) is 5.08. The SMILES string of the molecule is COC(=O)C1=C(C(=O)c2ccco2)[C@H](c2cccs2)n2nnnc2N1. The van der Waals surface area contributed by atoms with E-state index in [9.17, 15) is 9.59 Å². The molecule has 126 valence electrons. The number of furan rings is 1. The van der Waals surface area contributed by atoms with Gasteiger partial charge in [0.1, 0.15) is 11.7 Å². The summed E-state index contributed by atoms with van der Waals surface area (Å²) in [5, 5.41) is 16.1. The molecule has 0 saturated heterocycles. The number of allylic oxidation sites excluding steroid dienone is 1. The molecule has 4 rings (SSSR count). The Morgan fingerprint density at radius 3 is 2.92 bits per heavy atom. The molecule has 3 aromatic rings. The molecule has 1 aliphatic heterocycles. The maximum absolute atomic E-state index is 13.1. The number of nitrogens with zero attached hydrogens (tertiary/aromatic N) is 4. The van der Waals surface area contributed by atoms with Gasteiger partial charge < -0.3 is 14.5 Å². The zero-order valence-corrected chi connectivity index (χ0v) is 13.7. The number of anilines is 1. The summed E-state index contributed by atoms with van der Waals surface area (Å²) >= 11 is 1.42. The van der Waals surface area contributed by atoms with E-state index in [1.165, 1.54) is 35.5 Å². The number of carbonyl (C=O) groups is 2. The number of ether oxygens (including phenoxy) is 1. The minimum absolute atomic E-state index is 0.00963. The Bertz CT molecular complexity index is 958. The number of rotatable bonds is 4. The van der Waals surface area contributed by atoms with Crippen LogP contribution in [0.4, 0.5) is 5.95 Å². The van der Waals surface area contributed by atoms with Crippen molar-refractivity contribution in [1.29, 1.82) is 0 Å². The minimum Gasteiger partial charge on any atom is -0.464 e. The number of thiophene rings is 1. The first-order valence-corrected chi connectivity index (χ1v) is 8.07. The fraction of sp³-hybridized carbons (Fsp3) is 0.133. The van der Waals surface area contributed by atoms with E-state index in [-0.39, 0.29) is 23.0 Å². The fourth-order valence-electron chi connectivity index (χ4n) is 2.64. The molecule has 1 aliphatic rings. The summed E-state index contributed by atoms with van der Waals surface area (Å²) < 4.78 is 11.5. The van der Waals surface area contributed by atoms with Gasteiger partial charge in [-0.3, -0.25) is 4.79 Å². The van der Waals surface area contributed by atoms with Crippen molar-refractivity contribution < 1.29 is 18.7 Å². The third kappa shape index (κ3) is 2.43. The summed E-state index contributed by atoms with van der Waals surface area (Å²) in [7, 11) is 1.24. The normalized spacial score (nSPS) is 16.3. The van der Waals surface area contributed by atoms with Crippen molar-refractivity contribution in [1.82, 2.24) is 20.2 Å². The highest BCUT2D eigenvalue weighted by Gasteiger charge is 2.39. The maximum Gasteiger partial charge on any atom is 0.355 e. The van der Waals surface area contributed by atoms with E-state index in [1.807, 2.05) is 17.5 Å². The predicted molar refractivity (Wildman–Crippen MR) is 86.0 cm³/mol. The second-order valence-corrected chi connectivity index (χ2v) is 6.06. The maximum atomic E-state index is 13.1. The number of hydrogen-bond acceptors (Lipinski definition) is 9. The lowest BCUT2D eigenvalue weighted by Crippen LogP contribution is -2.32. The molecule has 0 aromatic carbocycles. The largest absolute Gasteiger partial charge is 0.464 e. The third-order valence-electron chi connectivity index (χ3n) is 3.71. The van der Waals surface area contributed by atoms with E-state index >= 15 is 0 Å². The number of nitrogens with one attached hydrogen (secondary N) is 1. The van der Waals surface area contributed by atoms with Crippen molar-refractivity contribution in [3.63, 3.8) is 0 Å². The average Bonchev–Trinajstić information content (AvgIpc) is 3.40. The van der Waals surface area contributed by atoms with Gasteiger partial charge in [0.2, 0.25) is 11.7 Å². The Morgan fingerprint density at radius 2 is 2.24 bits per heavy atom. The third-order valence-corrected chi connectivity index (χ3v) is 4.63. The van der Waals surface area contributed by atoms with Crippen molar-refractivity contribution in [2.45, 2.75) is 6.04 Å². The number of esters is 1. The van der Waals surface area contributed by atoms with Crippen LogP contribution in [0.3, 0.4) is 0 Å². The lowest BCUT2D eigenvalue weighted by atomic mass is 9.95. The molecule has 0 saturated carbocycles. The Morgan fingerprint density at radius 1 is 1.36 bits per heavy atom. The van der Waals surface area contributed by atoms with Crippen molar-refractivity contribution in [3.8, 4) is 0 Å². The van der Waals surface area contributed by atoms with E-state index in [4.69, 9.17) is 9.15 Å². The van der Waals surface area contributed by atoms with Crippen LogP contribution in [0.1, 0.15) is 21.5 Å². The molecule has 4 heterocycles. The molecule has 10 heteroatoms. The number of methoxy groups -OCH3 is 1. The van der Waals surface area contributed by atoms with Crippen LogP contribution in [-0.4, -0.2) is 39.1 Å². The molecule has 0 aliphatic carbocycles. The van der Waals surface area contributed by atoms with Crippen molar-refractivity contribution in [2.24, 2.45) is 0 Å². The van der Waals surface area contributed by atoms with Gasteiger partial charge in [-0.25, -0.2) is 4.79 Å². The molecule has 0 unspecified atom stereocenters. The summed E-state index contributed by atoms with van der Waals surface area (Å²) in [4.78, 5) is 26.1. The van der Waals surface area contributed by atoms with Crippen LogP contribution in [0.2, 0.25) is 0 Å². The molecule has 0 bridgehead atoms. The molecular weight excluding hydrogens is 346 g/mol. The highest BCUT2D eigenvalue weighted by atomic mass is 32.1. The van der Waals surface area contributed by atoms with Crippen molar-refractivity contribution >= 4 is 29.0 Å². The first kappa shape index (κ1) is 15.3. The number of Topliss-reactive ketones (excluding diaryl/α,β-unsaturated/α-hetero) is 1. The summed E-state index contributed by atoms with van der Waals surface area (Å²) in [5.74, 6) is -0.783. The molecule has 1 atom stereocenters. The van der Waals surface area contributed by atoms with Crippen LogP contribution in [0.15, 0.2) is 51.6 Å². The van der Waals surface area contributed by atoms with E-state index < -0.39 is 17.8 Å². The summed E-state index contributed by atoms with van der Waals surface area (Å²) in [6.07, 6.45) is 1.39. The van der Waals surface area contributed by atoms with Crippen LogP contribution in [-0.2, 0) is 9.53 Å². The Balaban J connectivity index is 1.95. The zero-order chi connectivity index (χ0) is 17.4. The van der Waals surface area contributed by atoms with Gasteiger partial charge in [-0.1, -0.05) is 11.2 Å². The standard InChI is InChI=1S/C15H11N5O4S/c1-23-14(22)11-10(13(21)8-4-2-6-24-8)12(9-5-3-7-25-9)20-15(16-11)17-18-19-20/h2-7,12H,1H3,(H,16,17,19)/t12-/m0/s1. The molecule has 9 nitrogen and oxygen atoms in total. The number of tetrazole rings is 1. The van der Waals surface area contributed by atoms with Gasteiger partial charge in [0, 0.05) is 4.88 Å². The van der Waals surface area contributed by atoms with Gasteiger partial charge in [0.05, 0.1) is 18.9 Å². The number of aromatic nitrogens is 4. The summed E-state index contributed by atoms with van der Waals surface area (Å²) in [5.41, 5.74) is 0.147. The van der Waals surface area contributed by atoms with E-state index in [1.54, 1.807) is 6.07 Å². The molecule has 0 amide bonds. The van der Waals surface area contributed by atoms with Crippen molar-refractivity contribution in [3.05, 3.63) is 57.8 Å². The Hall–Kier alpha value is -3.27. The fourth-order valence-corrected chi connectivity index (χ4v) is 3.46.